The van der Waals surface area contributed by atoms with Crippen molar-refractivity contribution < 1.29 is 31.9 Å². The largest absolute Gasteiger partial charge is 0.481 e. The summed E-state index contributed by atoms with van der Waals surface area (Å²) < 4.78 is 68.4. The third-order valence-corrected chi connectivity index (χ3v) is 5.36. The van der Waals surface area contributed by atoms with Gasteiger partial charge >= 0.3 is 12.1 Å². The molecule has 8 heteroatoms. The molecule has 2 unspecified atom stereocenters. The third kappa shape index (κ3) is 3.59. The number of fused-ring (bicyclic) bond motifs is 1. The number of hydrogen-bond acceptors (Lipinski definition) is 1. The third-order valence-electron chi connectivity index (χ3n) is 5.36. The molecule has 3 nitrogen and oxygen atoms in total. The van der Waals surface area contributed by atoms with Gasteiger partial charge in [-0.2, -0.15) is 13.2 Å². The number of para-hydroxylation sites is 1. The van der Waals surface area contributed by atoms with Crippen molar-refractivity contribution >= 4 is 16.9 Å². The quantitative estimate of drug-likeness (QED) is 0.523. The van der Waals surface area contributed by atoms with E-state index in [2.05, 4.69) is 4.98 Å². The zero-order chi connectivity index (χ0) is 21.0. The number of hydrogen-bond donors (Lipinski definition) is 2. The Kier molecular flexibility index (Phi) is 4.40. The van der Waals surface area contributed by atoms with Crippen molar-refractivity contribution in [2.45, 2.75) is 36.3 Å². The molecular weight excluding hydrogens is 393 g/mol. The van der Waals surface area contributed by atoms with Crippen LogP contribution in [-0.2, 0) is 4.79 Å². The van der Waals surface area contributed by atoms with E-state index in [1.54, 1.807) is 24.3 Å². The van der Waals surface area contributed by atoms with E-state index in [0.717, 1.165) is 0 Å². The number of aromatic nitrogens is 1. The molecule has 1 aromatic heterocycles. The van der Waals surface area contributed by atoms with Gasteiger partial charge in [0, 0.05) is 17.6 Å². The number of aliphatic carboxylic acids is 1. The number of carboxylic acids is 1. The average Bonchev–Trinajstić information content (AvgIpc) is 3.09. The van der Waals surface area contributed by atoms with Crippen LogP contribution in [-0.4, -0.2) is 28.2 Å². The second-order valence-corrected chi connectivity index (χ2v) is 7.33. The second-order valence-electron chi connectivity index (χ2n) is 7.33. The predicted molar refractivity (Wildman–Crippen MR) is 96.2 cm³/mol. The van der Waals surface area contributed by atoms with Crippen LogP contribution in [0.3, 0.4) is 0 Å². The zero-order valence-corrected chi connectivity index (χ0v) is 14.9. The van der Waals surface area contributed by atoms with Gasteiger partial charge < -0.3 is 10.1 Å². The molecule has 3 atom stereocenters. The Balaban J connectivity index is 1.75. The minimum absolute atomic E-state index is 0.0915. The Hall–Kier alpha value is -2.90. The SMILES string of the molecule is O=C(O)C(c1ccc(C2CC2(F)F)cc1)[C@H](c1cc2ccccc2[nH]1)C(F)(F)F. The summed E-state index contributed by atoms with van der Waals surface area (Å²) in [4.78, 5) is 14.6. The highest BCUT2D eigenvalue weighted by Gasteiger charge is 2.57. The second kappa shape index (κ2) is 6.57. The van der Waals surface area contributed by atoms with Gasteiger partial charge in [0.2, 0.25) is 0 Å². The first kappa shape index (κ1) is 19.4. The summed E-state index contributed by atoms with van der Waals surface area (Å²) in [5.74, 6) is -9.66. The first-order chi connectivity index (χ1) is 13.6. The van der Waals surface area contributed by atoms with Crippen LogP contribution < -0.4 is 0 Å². The first-order valence-corrected chi connectivity index (χ1v) is 8.93. The molecule has 0 saturated heterocycles. The zero-order valence-electron chi connectivity index (χ0n) is 14.9. The number of alkyl halides is 5. The molecule has 1 fully saturated rings. The molecule has 1 heterocycles. The van der Waals surface area contributed by atoms with Crippen molar-refractivity contribution in [3.8, 4) is 0 Å². The molecule has 29 heavy (non-hydrogen) atoms. The monoisotopic (exact) mass is 409 g/mol. The Morgan fingerprint density at radius 2 is 1.72 bits per heavy atom. The lowest BCUT2D eigenvalue weighted by atomic mass is 9.83. The summed E-state index contributed by atoms with van der Waals surface area (Å²) in [5, 5.41) is 10.2. The van der Waals surface area contributed by atoms with E-state index in [-0.39, 0.29) is 23.2 Å². The molecule has 2 N–H and O–H groups in total. The van der Waals surface area contributed by atoms with Crippen LogP contribution in [0, 0.1) is 0 Å². The minimum Gasteiger partial charge on any atom is -0.481 e. The highest BCUT2D eigenvalue weighted by molar-refractivity contribution is 5.82. The molecule has 1 aliphatic rings. The highest BCUT2D eigenvalue weighted by atomic mass is 19.4. The van der Waals surface area contributed by atoms with E-state index < -0.39 is 35.8 Å². The van der Waals surface area contributed by atoms with Crippen LogP contribution in [0.2, 0.25) is 0 Å². The molecule has 2 aromatic carbocycles. The van der Waals surface area contributed by atoms with Crippen molar-refractivity contribution in [3.63, 3.8) is 0 Å². The molecule has 1 aliphatic carbocycles. The fraction of sp³-hybridized carbons (Fsp3) is 0.286. The Bertz CT molecular complexity index is 1020. The van der Waals surface area contributed by atoms with Crippen LogP contribution in [0.4, 0.5) is 22.0 Å². The lowest BCUT2D eigenvalue weighted by Gasteiger charge is -2.26. The van der Waals surface area contributed by atoms with E-state index in [1.165, 1.54) is 30.3 Å². The van der Waals surface area contributed by atoms with E-state index in [1.807, 2.05) is 0 Å². The van der Waals surface area contributed by atoms with Crippen molar-refractivity contribution in [2.75, 3.05) is 0 Å². The Labute approximate surface area is 162 Å². The first-order valence-electron chi connectivity index (χ1n) is 8.93. The van der Waals surface area contributed by atoms with Gasteiger partial charge in [-0.25, -0.2) is 8.78 Å². The van der Waals surface area contributed by atoms with Gasteiger partial charge in [0.15, 0.2) is 0 Å². The molecule has 152 valence electrons. The number of carbonyl (C=O) groups is 1. The van der Waals surface area contributed by atoms with Crippen molar-refractivity contribution in [1.82, 2.24) is 4.98 Å². The fourth-order valence-corrected chi connectivity index (χ4v) is 3.80. The molecule has 1 saturated carbocycles. The van der Waals surface area contributed by atoms with Gasteiger partial charge in [-0.05, 0) is 28.6 Å². The topological polar surface area (TPSA) is 53.1 Å². The van der Waals surface area contributed by atoms with Crippen LogP contribution >= 0.6 is 0 Å². The lowest BCUT2D eigenvalue weighted by molar-refractivity contribution is -0.168. The minimum atomic E-state index is -4.84. The fourth-order valence-electron chi connectivity index (χ4n) is 3.80. The van der Waals surface area contributed by atoms with Gasteiger partial charge in [0.1, 0.15) is 5.92 Å². The van der Waals surface area contributed by atoms with Gasteiger partial charge in [0.25, 0.3) is 5.92 Å². The summed E-state index contributed by atoms with van der Waals surface area (Å²) in [6, 6.07) is 12.8. The van der Waals surface area contributed by atoms with Crippen molar-refractivity contribution in [3.05, 3.63) is 71.4 Å². The number of carboxylic acid groups (broad SMARTS) is 1. The number of benzene rings is 2. The van der Waals surface area contributed by atoms with Crippen LogP contribution in [0.15, 0.2) is 54.6 Å². The molecular formula is C21H16F5NO2. The lowest BCUT2D eigenvalue weighted by Crippen LogP contribution is -2.32. The van der Waals surface area contributed by atoms with Gasteiger partial charge in [0.05, 0.1) is 11.8 Å². The Morgan fingerprint density at radius 3 is 2.24 bits per heavy atom. The van der Waals surface area contributed by atoms with Crippen LogP contribution in [0.5, 0.6) is 0 Å². The summed E-state index contributed by atoms with van der Waals surface area (Å²) >= 11 is 0. The maximum absolute atomic E-state index is 14.0. The maximum Gasteiger partial charge on any atom is 0.398 e. The van der Waals surface area contributed by atoms with Gasteiger partial charge in [-0.1, -0.05) is 42.5 Å². The molecule has 0 radical (unpaired) electrons. The van der Waals surface area contributed by atoms with Gasteiger partial charge in [-0.3, -0.25) is 4.79 Å². The molecule has 3 aromatic rings. The maximum atomic E-state index is 14.0. The Morgan fingerprint density at radius 1 is 1.10 bits per heavy atom. The highest BCUT2D eigenvalue weighted by Crippen LogP contribution is 2.56. The van der Waals surface area contributed by atoms with E-state index in [4.69, 9.17) is 0 Å². The number of rotatable bonds is 5. The number of halogens is 5. The standard InChI is InChI=1S/C21H16F5NO2/c22-20(23)10-14(20)11-5-7-12(8-6-11)17(19(28)29)18(21(24,25)26)16-9-13-3-1-2-4-15(13)27-16/h1-9,14,17-18,27H,10H2,(H,28,29)/t14?,17?,18-/m0/s1. The van der Waals surface area contributed by atoms with Crippen LogP contribution in [0.1, 0.15) is 41.0 Å². The summed E-state index contributed by atoms with van der Waals surface area (Å²) in [6.07, 6.45) is -5.15. The summed E-state index contributed by atoms with van der Waals surface area (Å²) in [5.41, 5.74) is 0.402. The summed E-state index contributed by atoms with van der Waals surface area (Å²) in [7, 11) is 0. The van der Waals surface area contributed by atoms with Crippen molar-refractivity contribution in [2.24, 2.45) is 0 Å². The van der Waals surface area contributed by atoms with Crippen LogP contribution in [0.25, 0.3) is 10.9 Å². The smallest absolute Gasteiger partial charge is 0.398 e. The van der Waals surface area contributed by atoms with E-state index in [0.29, 0.717) is 10.9 Å². The molecule has 4 rings (SSSR count). The molecule has 0 aliphatic heterocycles. The molecule has 0 amide bonds. The molecule has 0 bridgehead atoms. The molecule has 0 spiro atoms. The van der Waals surface area contributed by atoms with Gasteiger partial charge in [-0.15, -0.1) is 0 Å². The van der Waals surface area contributed by atoms with Crippen molar-refractivity contribution in [1.29, 1.82) is 0 Å². The summed E-state index contributed by atoms with van der Waals surface area (Å²) in [6.45, 7) is 0. The number of H-pyrrole nitrogens is 1. The normalized spacial score (nSPS) is 20.4. The van der Waals surface area contributed by atoms with E-state index >= 15 is 0 Å². The van der Waals surface area contributed by atoms with E-state index in [9.17, 15) is 31.9 Å². The number of aromatic amines is 1. The number of nitrogens with one attached hydrogen (secondary N) is 1. The predicted octanol–water partition coefficient (Wildman–Crippen LogP) is 5.80. The average molecular weight is 409 g/mol.